The Labute approximate surface area is 132 Å². The fourth-order valence-electron chi connectivity index (χ4n) is 1.53. The summed E-state index contributed by atoms with van der Waals surface area (Å²) in [5.41, 5.74) is 1.83. The van der Waals surface area contributed by atoms with Gasteiger partial charge in [-0.05, 0) is 13.0 Å². The smallest absolute Gasteiger partial charge is 0.359 e. The Balaban J connectivity index is 0.000000262. The molecular formula is C16H17BrNO3+. The number of rotatable bonds is 3. The summed E-state index contributed by atoms with van der Waals surface area (Å²) in [6.07, 6.45) is 1.45. The first-order valence-corrected chi connectivity index (χ1v) is 6.96. The molecule has 0 heterocycles. The monoisotopic (exact) mass is 350 g/mol. The van der Waals surface area contributed by atoms with Crippen molar-refractivity contribution in [2.75, 3.05) is 7.11 Å². The largest absolute Gasteiger partial charge is 0.502 e. The highest BCUT2D eigenvalue weighted by Gasteiger charge is 2.23. The maximum atomic E-state index is 11.1. The summed E-state index contributed by atoms with van der Waals surface area (Å²) in [6, 6.07) is 13.4. The van der Waals surface area contributed by atoms with Crippen LogP contribution in [0.15, 0.2) is 53.5 Å². The van der Waals surface area contributed by atoms with Crippen LogP contribution in [0, 0.1) is 11.8 Å². The average Bonchev–Trinajstić information content (AvgIpc) is 2.49. The van der Waals surface area contributed by atoms with Gasteiger partial charge >= 0.3 is 5.69 Å². The van der Waals surface area contributed by atoms with Crippen molar-refractivity contribution in [3.63, 3.8) is 0 Å². The third-order valence-electron chi connectivity index (χ3n) is 2.61. The molecule has 5 heteroatoms. The molecule has 0 saturated carbocycles. The second-order valence-electron chi connectivity index (χ2n) is 4.16. The van der Waals surface area contributed by atoms with Gasteiger partial charge < -0.3 is 5.11 Å². The number of hydrogen-bond acceptors (Lipinski definition) is 3. The predicted octanol–water partition coefficient (Wildman–Crippen LogP) is 4.76. The zero-order valence-electron chi connectivity index (χ0n) is 11.9. The highest BCUT2D eigenvalue weighted by Crippen LogP contribution is 2.34. The minimum Gasteiger partial charge on any atom is -0.502 e. The van der Waals surface area contributed by atoms with Crippen molar-refractivity contribution in [3.8, 4) is 5.75 Å². The van der Waals surface area contributed by atoms with Crippen molar-refractivity contribution in [1.82, 2.24) is 0 Å². The number of nitrogens with zero attached hydrogens (tertiary/aromatic N) is 1. The van der Waals surface area contributed by atoms with Gasteiger partial charge in [0.05, 0.1) is 4.91 Å². The van der Waals surface area contributed by atoms with Crippen LogP contribution in [0.25, 0.3) is 6.08 Å². The van der Waals surface area contributed by atoms with Gasteiger partial charge in [-0.25, -0.2) is 4.84 Å². The van der Waals surface area contributed by atoms with Crippen LogP contribution < -0.4 is 0 Å². The molecule has 1 N–H and O–H groups in total. The van der Waals surface area contributed by atoms with E-state index < -0.39 is 0 Å². The number of halogens is 1. The molecule has 2 rings (SSSR count). The summed E-state index contributed by atoms with van der Waals surface area (Å²) in [7, 11) is 1.22. The molecule has 0 spiro atoms. The molecule has 0 atom stereocenters. The molecule has 2 aromatic rings. The third kappa shape index (κ3) is 5.04. The molecule has 0 aromatic heterocycles. The summed E-state index contributed by atoms with van der Waals surface area (Å²) in [5.74, 6) is -0.153. The van der Waals surface area contributed by atoms with E-state index in [9.17, 15) is 10.0 Å². The fourth-order valence-corrected chi connectivity index (χ4v) is 2.00. The van der Waals surface area contributed by atoms with Gasteiger partial charge in [0.15, 0.2) is 7.11 Å². The fraction of sp³-hybridized carbons (Fsp3) is 0.125. The summed E-state index contributed by atoms with van der Waals surface area (Å²) < 4.78 is 0.665. The van der Waals surface area contributed by atoms with Gasteiger partial charge in [0, 0.05) is 16.1 Å². The van der Waals surface area contributed by atoms with Crippen molar-refractivity contribution in [1.29, 1.82) is 0 Å². The van der Waals surface area contributed by atoms with E-state index in [1.165, 1.54) is 24.8 Å². The third-order valence-corrected chi connectivity index (χ3v) is 3.06. The zero-order chi connectivity index (χ0) is 15.8. The Kier molecular flexibility index (Phi) is 6.62. The molecule has 0 bridgehead atoms. The van der Waals surface area contributed by atoms with Gasteiger partial charge in [-0.1, -0.05) is 64.5 Å². The van der Waals surface area contributed by atoms with Crippen LogP contribution >= 0.6 is 15.9 Å². The number of aromatic hydroxyl groups is 1. The average molecular weight is 351 g/mol. The van der Waals surface area contributed by atoms with Crippen LogP contribution in [0.3, 0.4) is 0 Å². The van der Waals surface area contributed by atoms with Crippen LogP contribution in [0.2, 0.25) is 0 Å². The van der Waals surface area contributed by atoms with E-state index in [1.54, 1.807) is 6.07 Å². The number of aryl methyl sites for hydroxylation is 1. The highest BCUT2D eigenvalue weighted by atomic mass is 79.9. The maximum Gasteiger partial charge on any atom is 0.359 e. The first-order chi connectivity index (χ1) is 9.99. The number of hydrogen-bond donors (Lipinski definition) is 1. The predicted molar refractivity (Wildman–Crippen MR) is 87.4 cm³/mol. The van der Waals surface area contributed by atoms with Gasteiger partial charge in [0.1, 0.15) is 0 Å². The number of benzene rings is 2. The van der Waals surface area contributed by atoms with Crippen molar-refractivity contribution < 1.29 is 14.9 Å². The van der Waals surface area contributed by atoms with Crippen LogP contribution in [0.1, 0.15) is 11.1 Å². The van der Waals surface area contributed by atoms with E-state index in [-0.39, 0.29) is 16.4 Å². The Morgan fingerprint density at radius 1 is 1.29 bits per heavy atom. The molecule has 0 radical (unpaired) electrons. The van der Waals surface area contributed by atoms with Crippen molar-refractivity contribution >= 4 is 27.7 Å². The lowest BCUT2D eigenvalue weighted by molar-refractivity contribution is -0.737. The van der Waals surface area contributed by atoms with Crippen LogP contribution in [-0.4, -0.2) is 17.1 Å². The lowest BCUT2D eigenvalue weighted by Gasteiger charge is -1.99. The Morgan fingerprint density at radius 3 is 2.33 bits per heavy atom. The van der Waals surface area contributed by atoms with E-state index in [1.807, 2.05) is 18.2 Å². The van der Waals surface area contributed by atoms with E-state index in [4.69, 9.17) is 0 Å². The van der Waals surface area contributed by atoms with E-state index in [0.29, 0.717) is 10.0 Å². The molecule has 0 aliphatic heterocycles. The minimum atomic E-state index is -0.153. The molecular weight excluding hydrogens is 334 g/mol. The van der Waals surface area contributed by atoms with E-state index in [0.717, 1.165) is 0 Å². The van der Waals surface area contributed by atoms with Crippen molar-refractivity contribution in [2.45, 2.75) is 6.92 Å². The summed E-state index contributed by atoms with van der Waals surface area (Å²) in [6.45, 7) is 5.60. The van der Waals surface area contributed by atoms with Gasteiger partial charge in [-0.2, -0.15) is 0 Å². The summed E-state index contributed by atoms with van der Waals surface area (Å²) in [4.78, 5) is 15.8. The van der Waals surface area contributed by atoms with Crippen molar-refractivity contribution in [3.05, 3.63) is 69.6 Å². The topological polar surface area (TPSA) is 49.5 Å². The second kappa shape index (κ2) is 8.21. The minimum absolute atomic E-state index is 0.0387. The van der Waals surface area contributed by atoms with Gasteiger partial charge in [-0.3, -0.25) is 0 Å². The van der Waals surface area contributed by atoms with Gasteiger partial charge in [-0.15, -0.1) is 0 Å². The summed E-state index contributed by atoms with van der Waals surface area (Å²) in [5, 5.41) is 9.60. The SMILES string of the molecule is C=Cc1cc(Br)cc([N+](=O)OC)c1O.Cc1ccccc1. The molecule has 2 aromatic carbocycles. The molecule has 0 saturated heterocycles. The Bertz CT molecular complexity index is 627. The normalized spacial score (nSPS) is 9.29. The van der Waals surface area contributed by atoms with Crippen LogP contribution in [0.5, 0.6) is 5.75 Å². The first-order valence-electron chi connectivity index (χ1n) is 6.17. The maximum absolute atomic E-state index is 11.1. The quantitative estimate of drug-likeness (QED) is 0.811. The Hall–Kier alpha value is -2.14. The first kappa shape index (κ1) is 16.9. The van der Waals surface area contributed by atoms with E-state index in [2.05, 4.69) is 46.4 Å². The standard InChI is InChI=1S/C9H8BrNO3.C7H8/c1-3-6-4-7(10)5-8(9(6)12)11(13)14-2;1-7-5-3-2-4-6-7/h3-5H,1H2,2H3;2-6H,1H3/p+1. The second-order valence-corrected chi connectivity index (χ2v) is 5.08. The molecule has 0 aliphatic carbocycles. The molecule has 0 aliphatic rings. The van der Waals surface area contributed by atoms with E-state index >= 15 is 0 Å². The highest BCUT2D eigenvalue weighted by molar-refractivity contribution is 9.10. The molecule has 21 heavy (non-hydrogen) atoms. The number of phenolic OH excluding ortho intramolecular Hbond substituents is 1. The molecule has 4 nitrogen and oxygen atoms in total. The van der Waals surface area contributed by atoms with Gasteiger partial charge in [0.2, 0.25) is 5.75 Å². The molecule has 0 fully saturated rings. The van der Waals surface area contributed by atoms with Crippen LogP contribution in [0.4, 0.5) is 5.69 Å². The number of phenols is 1. The lowest BCUT2D eigenvalue weighted by atomic mass is 10.2. The summed E-state index contributed by atoms with van der Waals surface area (Å²) >= 11 is 3.21. The molecule has 110 valence electrons. The zero-order valence-corrected chi connectivity index (χ0v) is 13.5. The molecule has 0 unspecified atom stereocenters. The molecule has 0 amide bonds. The lowest BCUT2D eigenvalue weighted by Crippen LogP contribution is -1.98. The Morgan fingerprint density at radius 2 is 1.90 bits per heavy atom. The van der Waals surface area contributed by atoms with Gasteiger partial charge in [0.25, 0.3) is 4.92 Å². The van der Waals surface area contributed by atoms with Crippen LogP contribution in [-0.2, 0) is 4.84 Å². The van der Waals surface area contributed by atoms with Crippen molar-refractivity contribution in [2.24, 2.45) is 0 Å².